The van der Waals surface area contributed by atoms with Gasteiger partial charge in [0.05, 0.1) is 0 Å². The third kappa shape index (κ3) is 1.57. The molecule has 3 fully saturated rings. The molecule has 4 rings (SSSR count). The van der Waals surface area contributed by atoms with Gasteiger partial charge in [-0.3, -0.25) is 4.79 Å². The molecule has 2 aliphatic heterocycles. The maximum Gasteiger partial charge on any atom is 0.246 e. The summed E-state index contributed by atoms with van der Waals surface area (Å²) in [5.41, 5.74) is 1.19. The summed E-state index contributed by atoms with van der Waals surface area (Å²) in [6.45, 7) is 0. The highest BCUT2D eigenvalue weighted by molar-refractivity contribution is 8.00. The van der Waals surface area contributed by atoms with Crippen molar-refractivity contribution in [2.75, 3.05) is 5.75 Å². The molecule has 20 heavy (non-hydrogen) atoms. The van der Waals surface area contributed by atoms with Gasteiger partial charge in [-0.1, -0.05) is 43.2 Å². The first-order valence-corrected chi connectivity index (χ1v) is 8.84. The van der Waals surface area contributed by atoms with Crippen molar-refractivity contribution in [3.05, 3.63) is 35.9 Å². The van der Waals surface area contributed by atoms with Gasteiger partial charge in [-0.2, -0.15) is 0 Å². The van der Waals surface area contributed by atoms with Gasteiger partial charge in [0, 0.05) is 11.8 Å². The van der Waals surface area contributed by atoms with Crippen LogP contribution in [0.4, 0.5) is 0 Å². The molecule has 2 saturated heterocycles. The molecule has 1 saturated carbocycles. The van der Waals surface area contributed by atoms with Crippen molar-refractivity contribution < 1.29 is 4.79 Å². The largest absolute Gasteiger partial charge is 0.317 e. The van der Waals surface area contributed by atoms with E-state index in [1.807, 2.05) is 30.0 Å². The van der Waals surface area contributed by atoms with Gasteiger partial charge in [-0.25, -0.2) is 0 Å². The molecule has 1 aliphatic carbocycles. The lowest BCUT2D eigenvalue weighted by Crippen LogP contribution is -2.74. The van der Waals surface area contributed by atoms with Crippen LogP contribution in [0.2, 0.25) is 0 Å². The standard InChI is InChI=1S/C16H18ClNOS/c17-14-15(19)18-13-9-5-4-6-11(13)10-20-16(14,18)12-7-2-1-3-8-12/h1-3,7-8,11,13-14H,4-6,9-10H2/t11-,13+,14-,16+/m1/s1. The molecular weight excluding hydrogens is 290 g/mol. The molecule has 3 aliphatic rings. The van der Waals surface area contributed by atoms with E-state index >= 15 is 0 Å². The molecule has 0 N–H and O–H groups in total. The summed E-state index contributed by atoms with van der Waals surface area (Å²) in [6, 6.07) is 10.7. The molecular formula is C16H18ClNOS. The quantitative estimate of drug-likeness (QED) is 0.584. The fourth-order valence-electron chi connectivity index (χ4n) is 4.06. The number of hydrogen-bond acceptors (Lipinski definition) is 2. The highest BCUT2D eigenvalue weighted by Gasteiger charge is 2.66. The molecule has 1 amide bonds. The highest BCUT2D eigenvalue weighted by atomic mass is 35.5. The number of rotatable bonds is 1. The number of alkyl halides is 1. The van der Waals surface area contributed by atoms with E-state index in [2.05, 4.69) is 17.0 Å². The fourth-order valence-corrected chi connectivity index (χ4v) is 6.36. The van der Waals surface area contributed by atoms with Gasteiger partial charge >= 0.3 is 0 Å². The van der Waals surface area contributed by atoms with E-state index in [0.717, 1.165) is 12.2 Å². The first-order chi connectivity index (χ1) is 9.75. The Kier molecular flexibility index (Phi) is 3.04. The van der Waals surface area contributed by atoms with Gasteiger partial charge in [0.25, 0.3) is 0 Å². The van der Waals surface area contributed by atoms with Crippen molar-refractivity contribution in [2.45, 2.75) is 42.0 Å². The van der Waals surface area contributed by atoms with Crippen molar-refractivity contribution in [1.82, 2.24) is 4.90 Å². The Morgan fingerprint density at radius 1 is 1.20 bits per heavy atom. The number of carbonyl (C=O) groups is 1. The van der Waals surface area contributed by atoms with E-state index in [1.54, 1.807) is 0 Å². The van der Waals surface area contributed by atoms with Crippen LogP contribution in [0.5, 0.6) is 0 Å². The summed E-state index contributed by atoms with van der Waals surface area (Å²) in [6.07, 6.45) is 4.97. The van der Waals surface area contributed by atoms with Crippen LogP contribution >= 0.6 is 23.4 Å². The Morgan fingerprint density at radius 2 is 1.95 bits per heavy atom. The molecule has 2 heterocycles. The van der Waals surface area contributed by atoms with E-state index < -0.39 is 5.38 Å². The van der Waals surface area contributed by atoms with E-state index in [4.69, 9.17) is 11.6 Å². The zero-order valence-electron chi connectivity index (χ0n) is 11.3. The zero-order chi connectivity index (χ0) is 13.7. The van der Waals surface area contributed by atoms with Crippen LogP contribution in [-0.2, 0) is 9.67 Å². The average molecular weight is 308 g/mol. The molecule has 2 nitrogen and oxygen atoms in total. The highest BCUT2D eigenvalue weighted by Crippen LogP contribution is 2.59. The Hall–Kier alpha value is -0.670. The topological polar surface area (TPSA) is 20.3 Å². The Balaban J connectivity index is 1.76. The summed E-state index contributed by atoms with van der Waals surface area (Å²) in [5, 5.41) is -0.405. The molecule has 0 aromatic heterocycles. The normalized spacial score (nSPS) is 39.8. The van der Waals surface area contributed by atoms with Gasteiger partial charge < -0.3 is 4.90 Å². The summed E-state index contributed by atoms with van der Waals surface area (Å²) >= 11 is 8.37. The first-order valence-electron chi connectivity index (χ1n) is 7.42. The molecule has 0 bridgehead atoms. The lowest BCUT2D eigenvalue weighted by atomic mass is 9.79. The van der Waals surface area contributed by atoms with E-state index in [-0.39, 0.29) is 10.8 Å². The van der Waals surface area contributed by atoms with E-state index in [0.29, 0.717) is 12.0 Å². The van der Waals surface area contributed by atoms with Crippen LogP contribution in [0.1, 0.15) is 31.2 Å². The Labute approximate surface area is 128 Å². The van der Waals surface area contributed by atoms with Gasteiger partial charge in [-0.15, -0.1) is 23.4 Å². The van der Waals surface area contributed by atoms with Crippen molar-refractivity contribution in [3.63, 3.8) is 0 Å². The van der Waals surface area contributed by atoms with E-state index in [9.17, 15) is 4.79 Å². The fraction of sp³-hybridized carbons (Fsp3) is 0.562. The molecule has 106 valence electrons. The first kappa shape index (κ1) is 13.0. The molecule has 0 spiro atoms. The second kappa shape index (κ2) is 4.67. The minimum atomic E-state index is -0.405. The van der Waals surface area contributed by atoms with Crippen LogP contribution in [0.15, 0.2) is 30.3 Å². The SMILES string of the molecule is O=C1[C@@H](Cl)[C@]2(c3ccccc3)SC[C@H]3CCCC[C@@H]3N12. The summed E-state index contributed by atoms with van der Waals surface area (Å²) in [4.78, 5) is 14.2. The van der Waals surface area contributed by atoms with Crippen LogP contribution in [0.3, 0.4) is 0 Å². The van der Waals surface area contributed by atoms with Gasteiger partial charge in [0.2, 0.25) is 5.91 Å². The molecule has 0 unspecified atom stereocenters. The maximum absolute atomic E-state index is 12.4. The summed E-state index contributed by atoms with van der Waals surface area (Å²) in [7, 11) is 0. The minimum absolute atomic E-state index is 0.139. The average Bonchev–Trinajstić information content (AvgIpc) is 2.53. The molecule has 4 atom stereocenters. The molecule has 0 radical (unpaired) electrons. The number of carbonyl (C=O) groups excluding carboxylic acids is 1. The van der Waals surface area contributed by atoms with Crippen molar-refractivity contribution >= 4 is 29.3 Å². The molecule has 1 aromatic rings. The lowest BCUT2D eigenvalue weighted by Gasteiger charge is -2.63. The van der Waals surface area contributed by atoms with Gasteiger partial charge in [0.15, 0.2) is 0 Å². The monoisotopic (exact) mass is 307 g/mol. The predicted octanol–water partition coefficient (Wildman–Crippen LogP) is 3.59. The Morgan fingerprint density at radius 3 is 2.75 bits per heavy atom. The van der Waals surface area contributed by atoms with Crippen molar-refractivity contribution in [2.24, 2.45) is 5.92 Å². The number of fused-ring (bicyclic) bond motifs is 3. The van der Waals surface area contributed by atoms with E-state index in [1.165, 1.54) is 24.8 Å². The predicted molar refractivity (Wildman–Crippen MR) is 82.8 cm³/mol. The summed E-state index contributed by atoms with van der Waals surface area (Å²) in [5.74, 6) is 1.94. The number of β-lactam (4-membered cyclic amide) rings is 1. The Bertz CT molecular complexity index is 537. The number of hydrogen-bond donors (Lipinski definition) is 0. The number of thioether (sulfide) groups is 1. The van der Waals surface area contributed by atoms with Crippen molar-refractivity contribution in [1.29, 1.82) is 0 Å². The van der Waals surface area contributed by atoms with Crippen LogP contribution in [0.25, 0.3) is 0 Å². The third-order valence-electron chi connectivity index (χ3n) is 5.06. The van der Waals surface area contributed by atoms with Crippen LogP contribution in [-0.4, -0.2) is 28.0 Å². The zero-order valence-corrected chi connectivity index (χ0v) is 12.9. The number of amides is 1. The number of benzene rings is 1. The van der Waals surface area contributed by atoms with Crippen LogP contribution < -0.4 is 0 Å². The number of nitrogens with zero attached hydrogens (tertiary/aromatic N) is 1. The van der Waals surface area contributed by atoms with Gasteiger partial charge in [0.1, 0.15) is 10.2 Å². The van der Waals surface area contributed by atoms with Crippen LogP contribution in [0, 0.1) is 5.92 Å². The van der Waals surface area contributed by atoms with Gasteiger partial charge in [-0.05, 0) is 24.3 Å². The molecule has 1 aromatic carbocycles. The second-order valence-electron chi connectivity index (χ2n) is 6.06. The maximum atomic E-state index is 12.4. The minimum Gasteiger partial charge on any atom is -0.317 e. The second-order valence-corrected chi connectivity index (χ2v) is 7.74. The smallest absolute Gasteiger partial charge is 0.246 e. The number of halogens is 1. The van der Waals surface area contributed by atoms with Crippen molar-refractivity contribution in [3.8, 4) is 0 Å². The molecule has 4 heteroatoms. The lowest BCUT2D eigenvalue weighted by molar-refractivity contribution is -0.157. The third-order valence-corrected chi connectivity index (χ3v) is 7.40. The summed E-state index contributed by atoms with van der Waals surface area (Å²) < 4.78 is 0.